The Balaban J connectivity index is 2.17. The van der Waals surface area contributed by atoms with Crippen LogP contribution in [0.25, 0.3) is 0 Å². The number of hydrogen-bond donors (Lipinski definition) is 1. The molecule has 0 aliphatic rings. The average molecular weight is 257 g/mol. The van der Waals surface area contributed by atoms with Crippen molar-refractivity contribution in [1.82, 2.24) is 4.98 Å². The lowest BCUT2D eigenvalue weighted by Gasteiger charge is -2.11. The zero-order valence-electron chi connectivity index (χ0n) is 11.3. The maximum absolute atomic E-state index is 9.68. The van der Waals surface area contributed by atoms with E-state index in [1.807, 2.05) is 18.2 Å². The van der Waals surface area contributed by atoms with Gasteiger partial charge in [-0.1, -0.05) is 25.5 Å². The Morgan fingerprint density at radius 2 is 1.95 bits per heavy atom. The molecule has 0 aliphatic carbocycles. The molecule has 0 bridgehead atoms. The van der Waals surface area contributed by atoms with Crippen molar-refractivity contribution in [2.75, 3.05) is 0 Å². The number of aromatic nitrogens is 1. The molecule has 0 fully saturated rings. The molecule has 1 N–H and O–H groups in total. The predicted molar refractivity (Wildman–Crippen MR) is 75.4 cm³/mol. The fourth-order valence-corrected chi connectivity index (χ4v) is 1.93. The molecule has 3 nitrogen and oxygen atoms in total. The largest absolute Gasteiger partial charge is 0.439 e. The fourth-order valence-electron chi connectivity index (χ4n) is 1.93. The normalized spacial score (nSPS) is 12.2. The Labute approximate surface area is 113 Å². The minimum atomic E-state index is -0.594. The summed E-state index contributed by atoms with van der Waals surface area (Å²) in [4.78, 5) is 4.17. The molecule has 1 unspecified atom stereocenters. The highest BCUT2D eigenvalue weighted by Gasteiger charge is 2.10. The first-order valence-corrected chi connectivity index (χ1v) is 6.60. The summed E-state index contributed by atoms with van der Waals surface area (Å²) in [6.45, 7) is 3.86. The highest BCUT2D eigenvalue weighted by molar-refractivity contribution is 5.34. The third-order valence-electron chi connectivity index (χ3n) is 2.93. The number of ether oxygens (including phenoxy) is 1. The van der Waals surface area contributed by atoms with Crippen LogP contribution >= 0.6 is 0 Å². The summed E-state index contributed by atoms with van der Waals surface area (Å²) in [7, 11) is 0. The molecule has 1 atom stereocenters. The van der Waals surface area contributed by atoms with Crippen LogP contribution in [0.3, 0.4) is 0 Å². The van der Waals surface area contributed by atoms with Gasteiger partial charge in [0.15, 0.2) is 0 Å². The maximum Gasteiger partial charge on any atom is 0.225 e. The van der Waals surface area contributed by atoms with E-state index in [2.05, 4.69) is 24.0 Å². The highest BCUT2D eigenvalue weighted by Crippen LogP contribution is 2.27. The summed E-state index contributed by atoms with van der Waals surface area (Å²) in [5.74, 6) is 1.20. The van der Waals surface area contributed by atoms with E-state index >= 15 is 0 Å². The van der Waals surface area contributed by atoms with Crippen LogP contribution < -0.4 is 4.74 Å². The van der Waals surface area contributed by atoms with Gasteiger partial charge >= 0.3 is 0 Å². The lowest BCUT2D eigenvalue weighted by Crippen LogP contribution is -1.98. The minimum absolute atomic E-state index is 0.459. The molecule has 0 saturated carbocycles. The van der Waals surface area contributed by atoms with Gasteiger partial charge in [0, 0.05) is 11.8 Å². The molecule has 100 valence electrons. The summed E-state index contributed by atoms with van der Waals surface area (Å²) < 4.78 is 5.73. The van der Waals surface area contributed by atoms with Crippen molar-refractivity contribution in [2.24, 2.45) is 0 Å². The van der Waals surface area contributed by atoms with Crippen LogP contribution in [-0.4, -0.2) is 10.1 Å². The van der Waals surface area contributed by atoms with Crippen molar-refractivity contribution >= 4 is 0 Å². The summed E-state index contributed by atoms with van der Waals surface area (Å²) in [5, 5.41) is 9.68. The van der Waals surface area contributed by atoms with Crippen LogP contribution in [0.5, 0.6) is 11.6 Å². The van der Waals surface area contributed by atoms with Crippen molar-refractivity contribution in [2.45, 2.75) is 32.8 Å². The minimum Gasteiger partial charge on any atom is -0.439 e. The lowest BCUT2D eigenvalue weighted by atomic mass is 10.1. The van der Waals surface area contributed by atoms with Gasteiger partial charge in [0.05, 0.1) is 6.10 Å². The number of rotatable bonds is 5. The first-order valence-electron chi connectivity index (χ1n) is 6.60. The Bertz CT molecular complexity index is 521. The average Bonchev–Trinajstić information content (AvgIpc) is 2.42. The molecule has 1 heterocycles. The van der Waals surface area contributed by atoms with E-state index in [0.29, 0.717) is 11.4 Å². The second-order valence-electron chi connectivity index (χ2n) is 4.57. The van der Waals surface area contributed by atoms with Gasteiger partial charge in [0.25, 0.3) is 0 Å². The molecule has 0 amide bonds. The molecule has 2 rings (SSSR count). The van der Waals surface area contributed by atoms with Gasteiger partial charge in [-0.15, -0.1) is 0 Å². The van der Waals surface area contributed by atoms with E-state index < -0.39 is 6.10 Å². The molecule has 1 aromatic heterocycles. The quantitative estimate of drug-likeness (QED) is 0.883. The smallest absolute Gasteiger partial charge is 0.225 e. The fraction of sp³-hybridized carbons (Fsp3) is 0.312. The molecule has 0 spiro atoms. The molecule has 0 saturated heterocycles. The first kappa shape index (κ1) is 13.6. The van der Waals surface area contributed by atoms with E-state index in [4.69, 9.17) is 4.74 Å². The third kappa shape index (κ3) is 3.55. The summed E-state index contributed by atoms with van der Waals surface area (Å²) >= 11 is 0. The Morgan fingerprint density at radius 1 is 1.21 bits per heavy atom. The topological polar surface area (TPSA) is 42.4 Å². The SMILES string of the molecule is CCCc1ccc(Oc2ncccc2C(C)O)cc1. The van der Waals surface area contributed by atoms with Crippen molar-refractivity contribution in [3.8, 4) is 11.6 Å². The van der Waals surface area contributed by atoms with Crippen LogP contribution in [0.4, 0.5) is 0 Å². The van der Waals surface area contributed by atoms with E-state index in [9.17, 15) is 5.11 Å². The van der Waals surface area contributed by atoms with Gasteiger partial charge in [-0.2, -0.15) is 0 Å². The number of benzene rings is 1. The number of pyridine rings is 1. The van der Waals surface area contributed by atoms with Crippen molar-refractivity contribution in [1.29, 1.82) is 0 Å². The van der Waals surface area contributed by atoms with E-state index in [1.165, 1.54) is 5.56 Å². The zero-order valence-corrected chi connectivity index (χ0v) is 11.3. The standard InChI is InChI=1S/C16H19NO2/c1-3-5-13-7-9-14(10-8-13)19-16-15(12(2)18)6-4-11-17-16/h4,6-12,18H,3,5H2,1-2H3. The molecule has 0 aliphatic heterocycles. The molecule has 2 aromatic rings. The first-order chi connectivity index (χ1) is 9.20. The van der Waals surface area contributed by atoms with Crippen LogP contribution in [0.15, 0.2) is 42.6 Å². The Morgan fingerprint density at radius 3 is 2.58 bits per heavy atom. The van der Waals surface area contributed by atoms with Gasteiger partial charge in [0.2, 0.25) is 5.88 Å². The predicted octanol–water partition coefficient (Wildman–Crippen LogP) is 3.88. The lowest BCUT2D eigenvalue weighted by molar-refractivity contribution is 0.194. The van der Waals surface area contributed by atoms with Crippen LogP contribution in [-0.2, 0) is 6.42 Å². The van der Waals surface area contributed by atoms with Gasteiger partial charge < -0.3 is 9.84 Å². The summed E-state index contributed by atoms with van der Waals surface area (Å²) in [6, 6.07) is 11.6. The van der Waals surface area contributed by atoms with Crippen molar-refractivity contribution in [3.63, 3.8) is 0 Å². The van der Waals surface area contributed by atoms with Crippen molar-refractivity contribution in [3.05, 3.63) is 53.7 Å². The van der Waals surface area contributed by atoms with E-state index in [0.717, 1.165) is 18.6 Å². The highest BCUT2D eigenvalue weighted by atomic mass is 16.5. The monoisotopic (exact) mass is 257 g/mol. The Kier molecular flexibility index (Phi) is 4.53. The van der Waals surface area contributed by atoms with Crippen LogP contribution in [0, 0.1) is 0 Å². The number of hydrogen-bond acceptors (Lipinski definition) is 3. The molecule has 0 radical (unpaired) electrons. The second-order valence-corrected chi connectivity index (χ2v) is 4.57. The van der Waals surface area contributed by atoms with E-state index in [1.54, 1.807) is 19.2 Å². The molecule has 1 aromatic carbocycles. The number of aryl methyl sites for hydroxylation is 1. The van der Waals surface area contributed by atoms with Crippen molar-refractivity contribution < 1.29 is 9.84 Å². The number of nitrogens with zero attached hydrogens (tertiary/aromatic N) is 1. The van der Waals surface area contributed by atoms with Gasteiger partial charge in [0.1, 0.15) is 5.75 Å². The molecular weight excluding hydrogens is 238 g/mol. The van der Waals surface area contributed by atoms with Gasteiger partial charge in [-0.05, 0) is 43.2 Å². The number of aliphatic hydroxyl groups excluding tert-OH is 1. The van der Waals surface area contributed by atoms with Crippen LogP contribution in [0.1, 0.15) is 37.5 Å². The molecule has 19 heavy (non-hydrogen) atoms. The Hall–Kier alpha value is -1.87. The van der Waals surface area contributed by atoms with Crippen LogP contribution in [0.2, 0.25) is 0 Å². The van der Waals surface area contributed by atoms with Gasteiger partial charge in [-0.3, -0.25) is 0 Å². The van der Waals surface area contributed by atoms with Gasteiger partial charge in [-0.25, -0.2) is 4.98 Å². The molecule has 3 heteroatoms. The van der Waals surface area contributed by atoms with E-state index in [-0.39, 0.29) is 0 Å². The molecular formula is C16H19NO2. The third-order valence-corrected chi connectivity index (χ3v) is 2.93. The summed E-state index contributed by atoms with van der Waals surface area (Å²) in [5.41, 5.74) is 1.99. The zero-order chi connectivity index (χ0) is 13.7. The second kappa shape index (κ2) is 6.34. The summed E-state index contributed by atoms with van der Waals surface area (Å²) in [6.07, 6.45) is 3.27. The number of aliphatic hydroxyl groups is 1. The maximum atomic E-state index is 9.68.